The summed E-state index contributed by atoms with van der Waals surface area (Å²) in [6, 6.07) is 17.2. The van der Waals surface area contributed by atoms with Gasteiger partial charge in [-0.25, -0.2) is 14.0 Å². The van der Waals surface area contributed by atoms with Crippen LogP contribution in [0.3, 0.4) is 0 Å². The minimum atomic E-state index is -1.58. The fraction of sp³-hybridized carbons (Fsp3) is 0.192. The van der Waals surface area contributed by atoms with Crippen LogP contribution in [-0.2, 0) is 9.53 Å². The Balaban J connectivity index is 1.44. The quantitative estimate of drug-likeness (QED) is 0.410. The second-order valence-corrected chi connectivity index (χ2v) is 8.21. The number of hydrogen-bond acceptors (Lipinski definition) is 5. The van der Waals surface area contributed by atoms with Crippen LogP contribution in [0.5, 0.6) is 0 Å². The van der Waals surface area contributed by atoms with E-state index in [1.165, 1.54) is 13.0 Å². The molecule has 0 spiro atoms. The van der Waals surface area contributed by atoms with Gasteiger partial charge in [-0.15, -0.1) is 0 Å². The Morgan fingerprint density at radius 2 is 1.60 bits per heavy atom. The van der Waals surface area contributed by atoms with Crippen LogP contribution in [0, 0.1) is 5.82 Å². The van der Waals surface area contributed by atoms with E-state index < -0.39 is 35.9 Å². The number of aliphatic hydroxyl groups excluding tert-OH is 1. The fourth-order valence-corrected chi connectivity index (χ4v) is 4.16. The summed E-state index contributed by atoms with van der Waals surface area (Å²) in [4.78, 5) is 36.1. The van der Waals surface area contributed by atoms with Crippen LogP contribution < -0.4 is 10.6 Å². The van der Waals surface area contributed by atoms with Gasteiger partial charge in [0.25, 0.3) is 5.91 Å². The third-order valence-electron chi connectivity index (χ3n) is 5.79. The molecule has 4 N–H and O–H groups in total. The molecule has 35 heavy (non-hydrogen) atoms. The first-order chi connectivity index (χ1) is 16.7. The summed E-state index contributed by atoms with van der Waals surface area (Å²) in [5.74, 6) is -3.35. The number of fused-ring (bicyclic) bond motifs is 3. The van der Waals surface area contributed by atoms with E-state index in [9.17, 15) is 23.9 Å². The second kappa shape index (κ2) is 9.94. The number of aliphatic hydroxyl groups is 1. The van der Waals surface area contributed by atoms with E-state index in [0.717, 1.165) is 34.4 Å². The Morgan fingerprint density at radius 1 is 1.00 bits per heavy atom. The molecule has 3 aromatic carbocycles. The number of aliphatic carboxylic acids is 1. The van der Waals surface area contributed by atoms with Gasteiger partial charge in [-0.05, 0) is 47.4 Å². The van der Waals surface area contributed by atoms with Crippen molar-refractivity contribution in [1.29, 1.82) is 0 Å². The van der Waals surface area contributed by atoms with E-state index in [1.807, 2.05) is 48.5 Å². The van der Waals surface area contributed by atoms with Gasteiger partial charge >= 0.3 is 12.1 Å². The monoisotopic (exact) mass is 478 g/mol. The Hall–Kier alpha value is -4.24. The molecule has 2 atom stereocenters. The van der Waals surface area contributed by atoms with Crippen molar-refractivity contribution in [3.63, 3.8) is 0 Å². The predicted octanol–water partition coefficient (Wildman–Crippen LogP) is 3.75. The Labute approximate surface area is 200 Å². The largest absolute Gasteiger partial charge is 0.480 e. The zero-order chi connectivity index (χ0) is 25.1. The number of amides is 2. The van der Waals surface area contributed by atoms with Gasteiger partial charge in [0.1, 0.15) is 12.4 Å². The first-order valence-electron chi connectivity index (χ1n) is 10.9. The van der Waals surface area contributed by atoms with E-state index in [4.69, 9.17) is 9.84 Å². The molecule has 0 fully saturated rings. The highest BCUT2D eigenvalue weighted by atomic mass is 19.1. The number of carbonyl (C=O) groups is 3. The number of anilines is 1. The van der Waals surface area contributed by atoms with Gasteiger partial charge in [0.15, 0.2) is 6.04 Å². The highest BCUT2D eigenvalue weighted by molar-refractivity contribution is 5.98. The molecule has 0 aliphatic heterocycles. The number of ether oxygens (including phenoxy) is 1. The highest BCUT2D eigenvalue weighted by Gasteiger charge is 2.29. The average Bonchev–Trinajstić information content (AvgIpc) is 3.14. The smallest absolute Gasteiger partial charge is 0.411 e. The predicted molar refractivity (Wildman–Crippen MR) is 126 cm³/mol. The molecule has 0 unspecified atom stereocenters. The average molecular weight is 478 g/mol. The topological polar surface area (TPSA) is 125 Å². The van der Waals surface area contributed by atoms with Crippen LogP contribution >= 0.6 is 0 Å². The summed E-state index contributed by atoms with van der Waals surface area (Å²) in [6.45, 7) is 1.26. The first kappa shape index (κ1) is 23.9. The fourth-order valence-electron chi connectivity index (χ4n) is 4.16. The minimum Gasteiger partial charge on any atom is -0.480 e. The zero-order valence-corrected chi connectivity index (χ0v) is 18.7. The molecule has 0 saturated carbocycles. The number of rotatable bonds is 7. The maximum atomic E-state index is 14.1. The number of benzene rings is 3. The standard InChI is InChI=1S/C26H23FN2O6/c1-14(30)23(25(32)33)29-24(31)15-10-16(27)12-17(11-15)28-26(34)35-13-22-20-8-4-2-6-18(20)19-7-3-5-9-21(19)22/h2-12,14,22-23,30H,13H2,1H3,(H,28,34)(H,29,31)(H,32,33)/t14-,23+/m1/s1. The van der Waals surface area contributed by atoms with E-state index >= 15 is 0 Å². The van der Waals surface area contributed by atoms with Gasteiger partial charge < -0.3 is 20.3 Å². The lowest BCUT2D eigenvalue weighted by Gasteiger charge is -2.17. The molecular weight excluding hydrogens is 455 g/mol. The van der Waals surface area contributed by atoms with Crippen LogP contribution in [0.25, 0.3) is 11.1 Å². The first-order valence-corrected chi connectivity index (χ1v) is 10.9. The molecule has 0 aromatic heterocycles. The molecule has 0 bridgehead atoms. The summed E-state index contributed by atoms with van der Waals surface area (Å²) in [6.07, 6.45) is -2.21. The van der Waals surface area contributed by atoms with Crippen LogP contribution in [-0.4, -0.2) is 46.9 Å². The highest BCUT2D eigenvalue weighted by Crippen LogP contribution is 2.44. The van der Waals surface area contributed by atoms with E-state index in [-0.39, 0.29) is 23.8 Å². The van der Waals surface area contributed by atoms with Gasteiger partial charge in [0, 0.05) is 17.2 Å². The number of carboxylic acid groups (broad SMARTS) is 1. The SMILES string of the molecule is C[C@@H](O)[C@H](NC(=O)c1cc(F)cc(NC(=O)OCC2c3ccccc3-c3ccccc32)c1)C(=O)O. The van der Waals surface area contributed by atoms with Gasteiger partial charge in [0.2, 0.25) is 0 Å². The van der Waals surface area contributed by atoms with Crippen molar-refractivity contribution in [2.45, 2.75) is 25.0 Å². The van der Waals surface area contributed by atoms with E-state index in [1.54, 1.807) is 0 Å². The third-order valence-corrected chi connectivity index (χ3v) is 5.79. The molecule has 2 amide bonds. The van der Waals surface area contributed by atoms with Crippen LogP contribution in [0.2, 0.25) is 0 Å². The Bertz CT molecular complexity index is 1250. The van der Waals surface area contributed by atoms with Crippen molar-refractivity contribution in [3.05, 3.63) is 89.2 Å². The summed E-state index contributed by atoms with van der Waals surface area (Å²) < 4.78 is 19.5. The van der Waals surface area contributed by atoms with Gasteiger partial charge in [-0.2, -0.15) is 0 Å². The second-order valence-electron chi connectivity index (χ2n) is 8.21. The number of nitrogens with one attached hydrogen (secondary N) is 2. The Morgan fingerprint density at radius 3 is 2.17 bits per heavy atom. The molecule has 0 radical (unpaired) electrons. The van der Waals surface area contributed by atoms with Crippen molar-refractivity contribution in [1.82, 2.24) is 5.32 Å². The molecule has 8 nitrogen and oxygen atoms in total. The maximum absolute atomic E-state index is 14.1. The van der Waals surface area contributed by atoms with Gasteiger partial charge in [-0.1, -0.05) is 48.5 Å². The van der Waals surface area contributed by atoms with Crippen LogP contribution in [0.1, 0.15) is 34.3 Å². The lowest BCUT2D eigenvalue weighted by molar-refractivity contribution is -0.141. The minimum absolute atomic E-state index is 0.0451. The Kier molecular flexibility index (Phi) is 6.79. The molecule has 4 rings (SSSR count). The van der Waals surface area contributed by atoms with Gasteiger partial charge in [-0.3, -0.25) is 10.1 Å². The van der Waals surface area contributed by atoms with Crippen LogP contribution in [0.4, 0.5) is 14.9 Å². The van der Waals surface area contributed by atoms with Crippen molar-refractivity contribution in [2.24, 2.45) is 0 Å². The lowest BCUT2D eigenvalue weighted by atomic mass is 9.98. The lowest BCUT2D eigenvalue weighted by Crippen LogP contribution is -2.47. The van der Waals surface area contributed by atoms with Crippen molar-refractivity contribution >= 4 is 23.7 Å². The molecule has 180 valence electrons. The molecule has 0 saturated heterocycles. The molecule has 0 heterocycles. The number of hydrogen-bond donors (Lipinski definition) is 4. The zero-order valence-electron chi connectivity index (χ0n) is 18.7. The summed E-state index contributed by atoms with van der Waals surface area (Å²) >= 11 is 0. The number of carbonyl (C=O) groups excluding carboxylic acids is 2. The molecule has 3 aromatic rings. The van der Waals surface area contributed by atoms with Crippen LogP contribution in [0.15, 0.2) is 66.7 Å². The maximum Gasteiger partial charge on any atom is 0.411 e. The van der Waals surface area contributed by atoms with Crippen molar-refractivity contribution in [3.8, 4) is 11.1 Å². The number of halogens is 1. The van der Waals surface area contributed by atoms with Gasteiger partial charge in [0.05, 0.1) is 6.10 Å². The third kappa shape index (κ3) is 5.15. The van der Waals surface area contributed by atoms with Crippen molar-refractivity contribution < 1.29 is 33.7 Å². The van der Waals surface area contributed by atoms with E-state index in [2.05, 4.69) is 10.6 Å². The molecule has 1 aliphatic carbocycles. The normalized spacial score (nSPS) is 13.8. The van der Waals surface area contributed by atoms with Crippen molar-refractivity contribution in [2.75, 3.05) is 11.9 Å². The summed E-state index contributed by atoms with van der Waals surface area (Å²) in [7, 11) is 0. The molecule has 9 heteroatoms. The number of carboxylic acids is 1. The molecule has 1 aliphatic rings. The summed E-state index contributed by atoms with van der Waals surface area (Å²) in [5, 5.41) is 23.2. The van der Waals surface area contributed by atoms with E-state index in [0.29, 0.717) is 0 Å². The molecular formula is C26H23FN2O6. The summed E-state index contributed by atoms with van der Waals surface area (Å²) in [5.41, 5.74) is 3.96.